The van der Waals surface area contributed by atoms with E-state index >= 15 is 0 Å². The molecule has 0 unspecified atom stereocenters. The number of anilines is 1. The Balaban J connectivity index is 3.22. The van der Waals surface area contributed by atoms with Gasteiger partial charge >= 0.3 is 12.1 Å². The monoisotopic (exact) mass is 354 g/mol. The molecule has 0 radical (unpaired) electrons. The molecule has 24 heavy (non-hydrogen) atoms. The van der Waals surface area contributed by atoms with Gasteiger partial charge in [-0.2, -0.15) is 0 Å². The average molecular weight is 354 g/mol. The zero-order valence-electron chi connectivity index (χ0n) is 14.6. The molecule has 0 aliphatic rings. The van der Waals surface area contributed by atoms with E-state index in [0.717, 1.165) is 11.8 Å². The highest BCUT2D eigenvalue weighted by Gasteiger charge is 2.23. The Bertz CT molecular complexity index is 638. The minimum atomic E-state index is -0.724. The van der Waals surface area contributed by atoms with E-state index in [1.807, 2.05) is 0 Å². The molecule has 1 rings (SSSR count). The fourth-order valence-electron chi connectivity index (χ4n) is 1.62. The Labute approximate surface area is 145 Å². The number of methoxy groups -OCH3 is 1. The van der Waals surface area contributed by atoms with Gasteiger partial charge in [0.15, 0.2) is 0 Å². The molecule has 0 aliphatic carbocycles. The quantitative estimate of drug-likeness (QED) is 0.659. The summed E-state index contributed by atoms with van der Waals surface area (Å²) in [5, 5.41) is 2.30. The Morgan fingerprint density at radius 2 is 1.79 bits per heavy atom. The molecule has 0 heterocycles. The highest BCUT2D eigenvalue weighted by molar-refractivity contribution is 8.13. The van der Waals surface area contributed by atoms with Crippen LogP contribution in [-0.4, -0.2) is 49.0 Å². The van der Waals surface area contributed by atoms with Crippen molar-refractivity contribution >= 4 is 34.8 Å². The smallest absolute Gasteiger partial charge is 0.412 e. The van der Waals surface area contributed by atoms with Gasteiger partial charge in [-0.15, -0.1) is 0 Å². The summed E-state index contributed by atoms with van der Waals surface area (Å²) < 4.78 is 9.94. The lowest BCUT2D eigenvalue weighted by molar-refractivity contribution is 0.0601. The molecule has 0 fully saturated rings. The van der Waals surface area contributed by atoms with Crippen molar-refractivity contribution in [3.8, 4) is 0 Å². The van der Waals surface area contributed by atoms with Gasteiger partial charge in [0.05, 0.1) is 18.4 Å². The fourth-order valence-corrected chi connectivity index (χ4v) is 2.40. The maximum absolute atomic E-state index is 12.1. The van der Waals surface area contributed by atoms with Crippen LogP contribution in [0.4, 0.5) is 15.3 Å². The van der Waals surface area contributed by atoms with E-state index in [-0.39, 0.29) is 16.5 Å². The molecule has 0 saturated heterocycles. The fraction of sp³-hybridized carbons (Fsp3) is 0.438. The molecule has 0 aromatic heterocycles. The molecule has 7 nitrogen and oxygen atoms in total. The SMILES string of the molecule is COC(=O)c1cccc(SC(=O)N(C)C)c1NC(=O)OC(C)(C)C. The normalized spacial score (nSPS) is 10.8. The minimum Gasteiger partial charge on any atom is -0.465 e. The molecule has 1 aromatic carbocycles. The van der Waals surface area contributed by atoms with Crippen LogP contribution < -0.4 is 5.32 Å². The number of hydrogen-bond donors (Lipinski definition) is 1. The summed E-state index contributed by atoms with van der Waals surface area (Å²) in [6, 6.07) is 4.74. The summed E-state index contributed by atoms with van der Waals surface area (Å²) in [7, 11) is 4.46. The number of hydrogen-bond acceptors (Lipinski definition) is 6. The van der Waals surface area contributed by atoms with Crippen LogP contribution in [0.25, 0.3) is 0 Å². The molecule has 0 bridgehead atoms. The van der Waals surface area contributed by atoms with Gasteiger partial charge in [0.25, 0.3) is 5.24 Å². The van der Waals surface area contributed by atoms with Crippen LogP contribution in [0.15, 0.2) is 23.1 Å². The average Bonchev–Trinajstić information content (AvgIpc) is 2.45. The number of nitrogens with zero attached hydrogens (tertiary/aromatic N) is 1. The van der Waals surface area contributed by atoms with Crippen LogP contribution in [-0.2, 0) is 9.47 Å². The second-order valence-electron chi connectivity index (χ2n) is 6.06. The van der Waals surface area contributed by atoms with Gasteiger partial charge < -0.3 is 14.4 Å². The molecule has 0 aliphatic heterocycles. The van der Waals surface area contributed by atoms with E-state index in [4.69, 9.17) is 9.47 Å². The van der Waals surface area contributed by atoms with Crippen LogP contribution >= 0.6 is 11.8 Å². The topological polar surface area (TPSA) is 84.9 Å². The van der Waals surface area contributed by atoms with E-state index in [2.05, 4.69) is 5.32 Å². The Kier molecular flexibility index (Phi) is 6.65. The van der Waals surface area contributed by atoms with Gasteiger partial charge in [0.2, 0.25) is 0 Å². The molecule has 1 aromatic rings. The molecule has 1 N–H and O–H groups in total. The number of carbonyl (C=O) groups excluding carboxylic acids is 3. The number of thioether (sulfide) groups is 1. The largest absolute Gasteiger partial charge is 0.465 e. The number of benzene rings is 1. The van der Waals surface area contributed by atoms with Crippen molar-refractivity contribution in [3.63, 3.8) is 0 Å². The van der Waals surface area contributed by atoms with E-state index in [0.29, 0.717) is 4.90 Å². The molecular weight excluding hydrogens is 332 g/mol. The molecule has 2 amide bonds. The van der Waals surface area contributed by atoms with Crippen LogP contribution in [0.5, 0.6) is 0 Å². The second kappa shape index (κ2) is 8.05. The van der Waals surface area contributed by atoms with Crippen LogP contribution in [0, 0.1) is 0 Å². The van der Waals surface area contributed by atoms with Crippen molar-refractivity contribution in [2.45, 2.75) is 31.3 Å². The van der Waals surface area contributed by atoms with Gasteiger partial charge in [0, 0.05) is 19.0 Å². The van der Waals surface area contributed by atoms with Gasteiger partial charge in [-0.1, -0.05) is 6.07 Å². The summed E-state index contributed by atoms with van der Waals surface area (Å²) in [5.74, 6) is -0.624. The second-order valence-corrected chi connectivity index (χ2v) is 7.05. The van der Waals surface area contributed by atoms with Gasteiger partial charge in [-0.05, 0) is 44.7 Å². The number of amides is 2. The van der Waals surface area contributed by atoms with Crippen LogP contribution in [0.3, 0.4) is 0 Å². The Morgan fingerprint density at radius 1 is 1.17 bits per heavy atom. The first-order valence-corrected chi connectivity index (χ1v) is 7.97. The highest BCUT2D eigenvalue weighted by atomic mass is 32.2. The summed E-state index contributed by atoms with van der Waals surface area (Å²) in [6.07, 6.45) is -0.724. The third kappa shape index (κ3) is 5.77. The summed E-state index contributed by atoms with van der Waals surface area (Å²) >= 11 is 0.889. The third-order valence-corrected chi connectivity index (χ3v) is 3.72. The Hall–Kier alpha value is -2.22. The molecular formula is C16H22N2O5S. The lowest BCUT2D eigenvalue weighted by Crippen LogP contribution is -2.28. The van der Waals surface area contributed by atoms with Crippen molar-refractivity contribution < 1.29 is 23.9 Å². The predicted molar refractivity (Wildman–Crippen MR) is 92.6 cm³/mol. The first-order valence-electron chi connectivity index (χ1n) is 7.15. The summed E-state index contributed by atoms with van der Waals surface area (Å²) in [4.78, 5) is 37.8. The number of rotatable bonds is 3. The van der Waals surface area contributed by atoms with Crippen LogP contribution in [0.2, 0.25) is 0 Å². The maximum Gasteiger partial charge on any atom is 0.412 e. The van der Waals surface area contributed by atoms with Crippen molar-refractivity contribution in [1.82, 2.24) is 4.90 Å². The van der Waals surface area contributed by atoms with Crippen molar-refractivity contribution in [3.05, 3.63) is 23.8 Å². The van der Waals surface area contributed by atoms with E-state index < -0.39 is 17.7 Å². The molecule has 132 valence electrons. The first kappa shape index (κ1) is 19.8. The number of nitrogens with one attached hydrogen (secondary N) is 1. The van der Waals surface area contributed by atoms with Crippen molar-refractivity contribution in [2.24, 2.45) is 0 Å². The first-order chi connectivity index (χ1) is 11.0. The van der Waals surface area contributed by atoms with Gasteiger partial charge in [0.1, 0.15) is 5.60 Å². The predicted octanol–water partition coefficient (Wildman–Crippen LogP) is 3.59. The number of esters is 1. The lowest BCUT2D eigenvalue weighted by Gasteiger charge is -2.21. The number of carbonyl (C=O) groups is 3. The van der Waals surface area contributed by atoms with Gasteiger partial charge in [-0.3, -0.25) is 10.1 Å². The van der Waals surface area contributed by atoms with E-state index in [1.54, 1.807) is 47.0 Å². The van der Waals surface area contributed by atoms with Crippen LogP contribution in [0.1, 0.15) is 31.1 Å². The molecule has 0 saturated carbocycles. The van der Waals surface area contributed by atoms with Crippen molar-refractivity contribution in [2.75, 3.05) is 26.5 Å². The number of ether oxygens (including phenoxy) is 2. The number of para-hydroxylation sites is 1. The maximum atomic E-state index is 12.1. The lowest BCUT2D eigenvalue weighted by atomic mass is 10.2. The van der Waals surface area contributed by atoms with Gasteiger partial charge in [-0.25, -0.2) is 9.59 Å². The molecule has 8 heteroatoms. The Morgan fingerprint density at radius 3 is 2.29 bits per heavy atom. The molecule has 0 atom stereocenters. The summed E-state index contributed by atoms with van der Waals surface area (Å²) in [5.41, 5.74) is -0.379. The molecule has 0 spiro atoms. The standard InChI is InChI=1S/C16H22N2O5S/c1-16(2,3)23-14(20)17-12-10(13(19)22-6)8-7-9-11(12)24-15(21)18(4)5/h7-9H,1-6H3,(H,17,20). The highest BCUT2D eigenvalue weighted by Crippen LogP contribution is 2.32. The van der Waals surface area contributed by atoms with Crippen molar-refractivity contribution in [1.29, 1.82) is 0 Å². The van der Waals surface area contributed by atoms with E-state index in [1.165, 1.54) is 18.1 Å². The third-order valence-electron chi connectivity index (χ3n) is 2.62. The summed E-state index contributed by atoms with van der Waals surface area (Å²) in [6.45, 7) is 5.18. The zero-order valence-corrected chi connectivity index (χ0v) is 15.4. The minimum absolute atomic E-state index is 0.139. The zero-order chi connectivity index (χ0) is 18.5. The van der Waals surface area contributed by atoms with E-state index in [9.17, 15) is 14.4 Å².